The van der Waals surface area contributed by atoms with Crippen molar-refractivity contribution in [3.05, 3.63) is 29.8 Å². The van der Waals surface area contributed by atoms with Crippen LogP contribution in [0.1, 0.15) is 23.2 Å². The van der Waals surface area contributed by atoms with Gasteiger partial charge in [0.2, 0.25) is 5.91 Å². The van der Waals surface area contributed by atoms with Crippen LogP contribution in [0.25, 0.3) is 0 Å². The smallest absolute Gasteiger partial charge is 0.247 e. The van der Waals surface area contributed by atoms with Crippen molar-refractivity contribution >= 4 is 11.7 Å². The van der Waals surface area contributed by atoms with Gasteiger partial charge >= 0.3 is 0 Å². The highest BCUT2D eigenvalue weighted by Gasteiger charge is 2.32. The maximum Gasteiger partial charge on any atom is 0.247 e. The lowest BCUT2D eigenvalue weighted by Crippen LogP contribution is -2.37. The largest absolute Gasteiger partial charge is 0.497 e. The number of hydrogen-bond donors (Lipinski definition) is 0. The molecule has 1 fully saturated rings. The standard InChI is InChI=1S/C15H16N2O3/c1-20-12-6-4-5-11(9-12)14(18)13(10-16)15(19)17-7-2-3-8-17/h4-6,9,13H,2-3,7-8H2,1H3. The molecule has 5 nitrogen and oxygen atoms in total. The van der Waals surface area contributed by atoms with E-state index in [1.807, 2.05) is 6.07 Å². The molecule has 1 heterocycles. The molecule has 1 saturated heterocycles. The van der Waals surface area contributed by atoms with Gasteiger partial charge in [-0.2, -0.15) is 5.26 Å². The summed E-state index contributed by atoms with van der Waals surface area (Å²) >= 11 is 0. The molecule has 1 aromatic rings. The normalized spacial score (nSPS) is 15.5. The molecule has 1 aliphatic rings. The quantitative estimate of drug-likeness (QED) is 0.617. The fourth-order valence-electron chi connectivity index (χ4n) is 2.29. The van der Waals surface area contributed by atoms with Crippen molar-refractivity contribution in [2.24, 2.45) is 5.92 Å². The number of ether oxygens (including phenoxy) is 1. The number of benzene rings is 1. The van der Waals surface area contributed by atoms with Gasteiger partial charge in [0.1, 0.15) is 5.75 Å². The number of Topliss-reactive ketones (excluding diaryl/α,β-unsaturated/α-hetero) is 1. The second kappa shape index (κ2) is 6.20. The zero-order chi connectivity index (χ0) is 14.5. The summed E-state index contributed by atoms with van der Waals surface area (Å²) in [5, 5.41) is 9.17. The number of likely N-dealkylation sites (tertiary alicyclic amines) is 1. The first kappa shape index (κ1) is 14.1. The molecule has 1 aromatic carbocycles. The van der Waals surface area contributed by atoms with Crippen LogP contribution in [-0.2, 0) is 4.79 Å². The van der Waals surface area contributed by atoms with Crippen molar-refractivity contribution in [1.82, 2.24) is 4.90 Å². The predicted octanol–water partition coefficient (Wildman–Crippen LogP) is 1.64. The van der Waals surface area contributed by atoms with Crippen molar-refractivity contribution in [2.75, 3.05) is 20.2 Å². The van der Waals surface area contributed by atoms with Gasteiger partial charge in [-0.05, 0) is 25.0 Å². The van der Waals surface area contributed by atoms with Crippen LogP contribution in [0.4, 0.5) is 0 Å². The molecule has 0 radical (unpaired) electrons. The molecule has 1 unspecified atom stereocenters. The fourth-order valence-corrected chi connectivity index (χ4v) is 2.29. The number of methoxy groups -OCH3 is 1. The topological polar surface area (TPSA) is 70.4 Å². The minimum Gasteiger partial charge on any atom is -0.497 e. The third-order valence-electron chi connectivity index (χ3n) is 3.41. The second-order valence-corrected chi connectivity index (χ2v) is 4.69. The minimum absolute atomic E-state index is 0.323. The molecule has 0 saturated carbocycles. The predicted molar refractivity (Wildman–Crippen MR) is 72.2 cm³/mol. The Hall–Kier alpha value is -2.35. The number of nitrogens with zero attached hydrogens (tertiary/aromatic N) is 2. The Morgan fingerprint density at radius 2 is 2.05 bits per heavy atom. The van der Waals surface area contributed by atoms with Crippen LogP contribution < -0.4 is 4.74 Å². The molecular weight excluding hydrogens is 256 g/mol. The van der Waals surface area contributed by atoms with E-state index in [1.165, 1.54) is 7.11 Å². The Bertz CT molecular complexity index is 556. The Balaban J connectivity index is 2.20. The monoisotopic (exact) mass is 272 g/mol. The van der Waals surface area contributed by atoms with Crippen LogP contribution in [0.15, 0.2) is 24.3 Å². The van der Waals surface area contributed by atoms with E-state index in [0.717, 1.165) is 12.8 Å². The lowest BCUT2D eigenvalue weighted by molar-refractivity contribution is -0.131. The van der Waals surface area contributed by atoms with Crippen LogP contribution in [0.2, 0.25) is 0 Å². The number of amides is 1. The molecule has 2 rings (SSSR count). The van der Waals surface area contributed by atoms with Crippen LogP contribution in [-0.4, -0.2) is 36.8 Å². The average molecular weight is 272 g/mol. The lowest BCUT2D eigenvalue weighted by Gasteiger charge is -2.18. The molecule has 0 aliphatic carbocycles. The second-order valence-electron chi connectivity index (χ2n) is 4.69. The van der Waals surface area contributed by atoms with Crippen LogP contribution >= 0.6 is 0 Å². The minimum atomic E-state index is -1.26. The molecule has 5 heteroatoms. The van der Waals surface area contributed by atoms with Gasteiger partial charge in [-0.25, -0.2) is 0 Å². The van der Waals surface area contributed by atoms with Gasteiger partial charge in [0.15, 0.2) is 11.7 Å². The van der Waals surface area contributed by atoms with E-state index in [4.69, 9.17) is 10.00 Å². The molecule has 0 aromatic heterocycles. The van der Waals surface area contributed by atoms with Gasteiger partial charge in [-0.15, -0.1) is 0 Å². The number of carbonyl (C=O) groups is 2. The van der Waals surface area contributed by atoms with E-state index in [1.54, 1.807) is 29.2 Å². The highest BCUT2D eigenvalue weighted by molar-refractivity contribution is 6.12. The Kier molecular flexibility index (Phi) is 4.36. The summed E-state index contributed by atoms with van der Waals surface area (Å²) in [6, 6.07) is 8.34. The summed E-state index contributed by atoms with van der Waals surface area (Å²) in [5.41, 5.74) is 0.323. The number of nitriles is 1. The zero-order valence-corrected chi connectivity index (χ0v) is 11.3. The molecule has 0 N–H and O–H groups in total. The van der Waals surface area contributed by atoms with E-state index < -0.39 is 17.6 Å². The fraction of sp³-hybridized carbons (Fsp3) is 0.400. The maximum atomic E-state index is 12.3. The number of rotatable bonds is 4. The summed E-state index contributed by atoms with van der Waals surface area (Å²) in [5.74, 6) is -1.59. The van der Waals surface area contributed by atoms with Crippen molar-refractivity contribution in [2.45, 2.75) is 12.8 Å². The Labute approximate surface area is 117 Å². The third-order valence-corrected chi connectivity index (χ3v) is 3.41. The summed E-state index contributed by atoms with van der Waals surface area (Å²) in [4.78, 5) is 26.1. The number of ketones is 1. The third kappa shape index (κ3) is 2.80. The van der Waals surface area contributed by atoms with Crippen molar-refractivity contribution in [1.29, 1.82) is 5.26 Å². The van der Waals surface area contributed by atoms with Gasteiger partial charge in [0.25, 0.3) is 0 Å². The van der Waals surface area contributed by atoms with Gasteiger partial charge < -0.3 is 9.64 Å². The molecule has 1 amide bonds. The van der Waals surface area contributed by atoms with Crippen LogP contribution in [0, 0.1) is 17.2 Å². The van der Waals surface area contributed by atoms with Crippen molar-refractivity contribution < 1.29 is 14.3 Å². The molecular formula is C15H16N2O3. The molecule has 104 valence electrons. The molecule has 0 bridgehead atoms. The zero-order valence-electron chi connectivity index (χ0n) is 11.3. The molecule has 1 atom stereocenters. The first-order valence-corrected chi connectivity index (χ1v) is 6.54. The van der Waals surface area contributed by atoms with Crippen LogP contribution in [0.5, 0.6) is 5.75 Å². The van der Waals surface area contributed by atoms with Gasteiger partial charge in [-0.1, -0.05) is 12.1 Å². The van der Waals surface area contributed by atoms with E-state index in [2.05, 4.69) is 0 Å². The van der Waals surface area contributed by atoms with Crippen molar-refractivity contribution in [3.63, 3.8) is 0 Å². The first-order valence-electron chi connectivity index (χ1n) is 6.54. The van der Waals surface area contributed by atoms with Gasteiger partial charge in [0, 0.05) is 18.7 Å². The molecule has 0 spiro atoms. The van der Waals surface area contributed by atoms with E-state index in [0.29, 0.717) is 24.4 Å². The Morgan fingerprint density at radius 3 is 2.65 bits per heavy atom. The number of carbonyl (C=O) groups excluding carboxylic acids is 2. The molecule has 20 heavy (non-hydrogen) atoms. The summed E-state index contributed by atoms with van der Waals surface area (Å²) in [6.45, 7) is 1.25. The maximum absolute atomic E-state index is 12.3. The summed E-state index contributed by atoms with van der Waals surface area (Å²) in [7, 11) is 1.50. The van der Waals surface area contributed by atoms with Crippen LogP contribution in [0.3, 0.4) is 0 Å². The Morgan fingerprint density at radius 1 is 1.35 bits per heavy atom. The summed E-state index contributed by atoms with van der Waals surface area (Å²) < 4.78 is 5.05. The van der Waals surface area contributed by atoms with Gasteiger partial charge in [-0.3, -0.25) is 9.59 Å². The van der Waals surface area contributed by atoms with E-state index in [-0.39, 0.29) is 0 Å². The van der Waals surface area contributed by atoms with Gasteiger partial charge in [0.05, 0.1) is 13.2 Å². The lowest BCUT2D eigenvalue weighted by atomic mass is 9.97. The van der Waals surface area contributed by atoms with E-state index >= 15 is 0 Å². The highest BCUT2D eigenvalue weighted by Crippen LogP contribution is 2.19. The first-order chi connectivity index (χ1) is 9.67. The van der Waals surface area contributed by atoms with E-state index in [9.17, 15) is 9.59 Å². The SMILES string of the molecule is COc1cccc(C(=O)C(C#N)C(=O)N2CCCC2)c1. The number of hydrogen-bond acceptors (Lipinski definition) is 4. The average Bonchev–Trinajstić information content (AvgIpc) is 3.02. The summed E-state index contributed by atoms with van der Waals surface area (Å²) in [6.07, 6.45) is 1.86. The van der Waals surface area contributed by atoms with Crippen molar-refractivity contribution in [3.8, 4) is 11.8 Å². The molecule has 1 aliphatic heterocycles. The highest BCUT2D eigenvalue weighted by atomic mass is 16.5.